The Balaban J connectivity index is 2.18. The molecule has 1 aliphatic rings. The normalized spacial score (nSPS) is 17.3. The Hall–Kier alpha value is -2.00. The van der Waals surface area contributed by atoms with Crippen LogP contribution >= 0.6 is 0 Å². The number of benzene rings is 2. The molecule has 0 heterocycles. The van der Waals surface area contributed by atoms with E-state index in [4.69, 9.17) is 9.47 Å². The van der Waals surface area contributed by atoms with Crippen molar-refractivity contribution in [1.29, 1.82) is 0 Å². The summed E-state index contributed by atoms with van der Waals surface area (Å²) >= 11 is 0. The summed E-state index contributed by atoms with van der Waals surface area (Å²) < 4.78 is 12.4. The molecule has 2 aromatic rings. The van der Waals surface area contributed by atoms with Gasteiger partial charge in [0.15, 0.2) is 11.5 Å². The minimum Gasteiger partial charge on any atom is -0.493 e. The Kier molecular flexibility index (Phi) is 4.55. The smallest absolute Gasteiger partial charge is 0.164 e. The fourth-order valence-electron chi connectivity index (χ4n) is 3.79. The van der Waals surface area contributed by atoms with E-state index in [1.54, 1.807) is 14.2 Å². The number of nitrogens with zero attached hydrogens (tertiary/aromatic N) is 1. The molecule has 0 spiro atoms. The third kappa shape index (κ3) is 3.01. The fraction of sp³-hybridized carbons (Fsp3) is 0.429. The predicted molar refractivity (Wildman–Crippen MR) is 98.8 cm³/mol. The highest BCUT2D eigenvalue weighted by Crippen LogP contribution is 2.44. The molecule has 1 aliphatic carbocycles. The lowest BCUT2D eigenvalue weighted by atomic mass is 9.81. The van der Waals surface area contributed by atoms with Gasteiger partial charge in [-0.15, -0.1) is 0 Å². The molecule has 128 valence electrons. The van der Waals surface area contributed by atoms with Gasteiger partial charge < -0.3 is 14.0 Å². The maximum absolute atomic E-state index is 5.75. The van der Waals surface area contributed by atoms with Gasteiger partial charge in [-0.25, -0.2) is 0 Å². The Morgan fingerprint density at radius 3 is 2.25 bits per heavy atom. The van der Waals surface area contributed by atoms with Crippen LogP contribution in [0.3, 0.4) is 0 Å². The number of ether oxygens (including phenoxy) is 2. The van der Waals surface area contributed by atoms with Crippen LogP contribution in [0.2, 0.25) is 0 Å². The molecule has 1 unspecified atom stereocenters. The van der Waals surface area contributed by atoms with Gasteiger partial charge in [-0.2, -0.15) is 0 Å². The van der Waals surface area contributed by atoms with E-state index in [0.717, 1.165) is 28.8 Å². The molecule has 0 radical (unpaired) electrons. The minimum atomic E-state index is 0.599. The number of quaternary nitrogens is 1. The first-order chi connectivity index (χ1) is 11.5. The van der Waals surface area contributed by atoms with Crippen LogP contribution in [0, 0.1) is 0 Å². The van der Waals surface area contributed by atoms with E-state index < -0.39 is 0 Å². The summed E-state index contributed by atoms with van der Waals surface area (Å²) in [6, 6.07) is 13.3. The molecule has 0 N–H and O–H groups in total. The zero-order valence-corrected chi connectivity index (χ0v) is 15.4. The van der Waals surface area contributed by atoms with Crippen molar-refractivity contribution in [3.63, 3.8) is 0 Å². The van der Waals surface area contributed by atoms with E-state index in [2.05, 4.69) is 57.5 Å². The quantitative estimate of drug-likeness (QED) is 0.793. The lowest BCUT2D eigenvalue weighted by molar-refractivity contribution is -0.896. The van der Waals surface area contributed by atoms with Crippen molar-refractivity contribution in [3.8, 4) is 22.6 Å². The highest BCUT2D eigenvalue weighted by Gasteiger charge is 2.33. The summed E-state index contributed by atoms with van der Waals surface area (Å²) in [4.78, 5) is 0. The lowest BCUT2D eigenvalue weighted by Crippen LogP contribution is -2.48. The standard InChI is InChI=1S/C21H28NO2/c1-22(2,3)16-11-12-17-18(15-9-7-6-8-10-15)14-20(23-4)21(24-5)19(17)13-16/h6-10,14,16H,11-13H2,1-5H3/q+1. The summed E-state index contributed by atoms with van der Waals surface area (Å²) in [6.45, 7) is 0. The van der Waals surface area contributed by atoms with Crippen LogP contribution in [0.5, 0.6) is 11.5 Å². The van der Waals surface area contributed by atoms with Gasteiger partial charge in [0.1, 0.15) is 0 Å². The Bertz CT molecular complexity index is 717. The van der Waals surface area contributed by atoms with Gasteiger partial charge >= 0.3 is 0 Å². The molecule has 3 rings (SSSR count). The molecule has 0 saturated heterocycles. The van der Waals surface area contributed by atoms with Crippen molar-refractivity contribution in [2.75, 3.05) is 35.4 Å². The molecule has 0 aromatic heterocycles. The SMILES string of the molecule is COc1cc(-c2ccccc2)c2c(c1OC)CC([N+](C)(C)C)CC2. The molecule has 1 atom stereocenters. The summed E-state index contributed by atoms with van der Waals surface area (Å²) in [7, 11) is 10.3. The van der Waals surface area contributed by atoms with Crippen molar-refractivity contribution in [2.45, 2.75) is 25.3 Å². The second-order valence-electron chi connectivity index (χ2n) is 7.50. The average molecular weight is 326 g/mol. The number of rotatable bonds is 4. The molecule has 0 aliphatic heterocycles. The molecular formula is C21H28NO2+. The largest absolute Gasteiger partial charge is 0.493 e. The highest BCUT2D eigenvalue weighted by molar-refractivity contribution is 5.74. The molecular weight excluding hydrogens is 298 g/mol. The Labute approximate surface area is 145 Å². The first kappa shape index (κ1) is 16.8. The minimum absolute atomic E-state index is 0.599. The molecule has 3 heteroatoms. The topological polar surface area (TPSA) is 18.5 Å². The number of likely N-dealkylation sites (N-methyl/N-ethyl adjacent to an activating group) is 1. The van der Waals surface area contributed by atoms with Crippen LogP contribution in [0.4, 0.5) is 0 Å². The third-order valence-corrected chi connectivity index (χ3v) is 5.23. The molecule has 2 aromatic carbocycles. The van der Waals surface area contributed by atoms with Crippen LogP contribution in [-0.4, -0.2) is 45.9 Å². The second kappa shape index (κ2) is 6.48. The Morgan fingerprint density at radius 1 is 0.958 bits per heavy atom. The maximum atomic E-state index is 5.75. The average Bonchev–Trinajstić information content (AvgIpc) is 2.59. The summed E-state index contributed by atoms with van der Waals surface area (Å²) in [6.07, 6.45) is 3.31. The predicted octanol–water partition coefficient (Wildman–Crippen LogP) is 3.93. The van der Waals surface area contributed by atoms with Gasteiger partial charge in [0, 0.05) is 18.4 Å². The van der Waals surface area contributed by atoms with Gasteiger partial charge in [-0.3, -0.25) is 0 Å². The Morgan fingerprint density at radius 2 is 1.67 bits per heavy atom. The van der Waals surface area contributed by atoms with Crippen molar-refractivity contribution < 1.29 is 14.0 Å². The van der Waals surface area contributed by atoms with Crippen LogP contribution in [0.25, 0.3) is 11.1 Å². The van der Waals surface area contributed by atoms with E-state index in [1.807, 2.05) is 0 Å². The van der Waals surface area contributed by atoms with Crippen molar-refractivity contribution in [1.82, 2.24) is 0 Å². The third-order valence-electron chi connectivity index (χ3n) is 5.23. The zero-order valence-electron chi connectivity index (χ0n) is 15.4. The molecule has 24 heavy (non-hydrogen) atoms. The maximum Gasteiger partial charge on any atom is 0.164 e. The van der Waals surface area contributed by atoms with Crippen molar-refractivity contribution in [3.05, 3.63) is 47.5 Å². The van der Waals surface area contributed by atoms with Crippen LogP contribution < -0.4 is 9.47 Å². The molecule has 0 fully saturated rings. The molecule has 3 nitrogen and oxygen atoms in total. The lowest BCUT2D eigenvalue weighted by Gasteiger charge is -2.38. The van der Waals surface area contributed by atoms with Gasteiger partial charge in [-0.1, -0.05) is 30.3 Å². The molecule has 0 bridgehead atoms. The van der Waals surface area contributed by atoms with Crippen LogP contribution in [0.1, 0.15) is 17.5 Å². The van der Waals surface area contributed by atoms with E-state index in [0.29, 0.717) is 6.04 Å². The van der Waals surface area contributed by atoms with Gasteiger partial charge in [0.2, 0.25) is 0 Å². The summed E-state index contributed by atoms with van der Waals surface area (Å²) in [5.74, 6) is 1.74. The summed E-state index contributed by atoms with van der Waals surface area (Å²) in [5, 5.41) is 0. The second-order valence-corrected chi connectivity index (χ2v) is 7.50. The van der Waals surface area contributed by atoms with E-state index in [-0.39, 0.29) is 0 Å². The summed E-state index contributed by atoms with van der Waals surface area (Å²) in [5.41, 5.74) is 5.27. The van der Waals surface area contributed by atoms with E-state index in [1.165, 1.54) is 28.7 Å². The zero-order chi connectivity index (χ0) is 17.3. The van der Waals surface area contributed by atoms with E-state index in [9.17, 15) is 0 Å². The number of fused-ring (bicyclic) bond motifs is 1. The number of methoxy groups -OCH3 is 2. The van der Waals surface area contributed by atoms with Gasteiger partial charge in [-0.05, 0) is 29.2 Å². The monoisotopic (exact) mass is 326 g/mol. The van der Waals surface area contributed by atoms with Crippen molar-refractivity contribution >= 4 is 0 Å². The fourth-order valence-corrected chi connectivity index (χ4v) is 3.79. The molecule has 0 amide bonds. The van der Waals surface area contributed by atoms with Crippen LogP contribution in [-0.2, 0) is 12.8 Å². The van der Waals surface area contributed by atoms with Gasteiger partial charge in [0.25, 0.3) is 0 Å². The highest BCUT2D eigenvalue weighted by atomic mass is 16.5. The van der Waals surface area contributed by atoms with Crippen molar-refractivity contribution in [2.24, 2.45) is 0 Å². The van der Waals surface area contributed by atoms with Crippen LogP contribution in [0.15, 0.2) is 36.4 Å². The number of hydrogen-bond acceptors (Lipinski definition) is 2. The van der Waals surface area contributed by atoms with E-state index >= 15 is 0 Å². The number of hydrogen-bond donors (Lipinski definition) is 0. The molecule has 0 saturated carbocycles. The first-order valence-electron chi connectivity index (χ1n) is 8.59. The first-order valence-corrected chi connectivity index (χ1v) is 8.59. The van der Waals surface area contributed by atoms with Gasteiger partial charge in [0.05, 0.1) is 41.4 Å².